The molecule has 0 bridgehead atoms. The largest absolute Gasteiger partial charge is 0.339 e. The quantitative estimate of drug-likeness (QED) is 0.300. The van der Waals surface area contributed by atoms with Gasteiger partial charge >= 0.3 is 5.97 Å². The van der Waals surface area contributed by atoms with E-state index in [0.29, 0.717) is 6.61 Å². The summed E-state index contributed by atoms with van der Waals surface area (Å²) in [6, 6.07) is 0. The summed E-state index contributed by atoms with van der Waals surface area (Å²) >= 11 is 0. The zero-order valence-electron chi connectivity index (χ0n) is 5.43. The fourth-order valence-electron chi connectivity index (χ4n) is 0.142. The SMILES string of the molecule is CCOOC(C)=O.[Na]. The normalized spacial score (nSPS) is 7.25. The molecule has 8 heavy (non-hydrogen) atoms. The zero-order valence-corrected chi connectivity index (χ0v) is 7.43. The first-order valence-electron chi connectivity index (χ1n) is 2.07. The van der Waals surface area contributed by atoms with Gasteiger partial charge in [-0.1, -0.05) is 0 Å². The van der Waals surface area contributed by atoms with E-state index in [-0.39, 0.29) is 29.6 Å². The molecule has 0 aromatic carbocycles. The predicted molar refractivity (Wildman–Crippen MR) is 29.1 cm³/mol. The van der Waals surface area contributed by atoms with Crippen molar-refractivity contribution in [3.63, 3.8) is 0 Å². The Kier molecular flexibility index (Phi) is 10.5. The fraction of sp³-hybridized carbons (Fsp3) is 0.750. The summed E-state index contributed by atoms with van der Waals surface area (Å²) in [7, 11) is 0. The van der Waals surface area contributed by atoms with Gasteiger partial charge in [0.05, 0.1) is 6.61 Å². The van der Waals surface area contributed by atoms with Crippen LogP contribution in [0.5, 0.6) is 0 Å². The third-order valence-corrected chi connectivity index (χ3v) is 0.294. The van der Waals surface area contributed by atoms with Gasteiger partial charge in [-0.25, -0.2) is 4.79 Å². The molecule has 0 heterocycles. The molecule has 0 aliphatic rings. The van der Waals surface area contributed by atoms with E-state index in [2.05, 4.69) is 9.78 Å². The summed E-state index contributed by atoms with van der Waals surface area (Å²) < 4.78 is 0. The van der Waals surface area contributed by atoms with Crippen molar-refractivity contribution in [2.24, 2.45) is 0 Å². The topological polar surface area (TPSA) is 35.5 Å². The molecule has 0 atom stereocenters. The molecule has 0 spiro atoms. The molecule has 0 aliphatic heterocycles. The minimum atomic E-state index is -0.415. The van der Waals surface area contributed by atoms with Crippen LogP contribution in [-0.4, -0.2) is 42.1 Å². The van der Waals surface area contributed by atoms with Crippen LogP contribution >= 0.6 is 0 Å². The van der Waals surface area contributed by atoms with Crippen LogP contribution in [0.3, 0.4) is 0 Å². The van der Waals surface area contributed by atoms with Crippen molar-refractivity contribution < 1.29 is 14.6 Å². The molecule has 1 radical (unpaired) electrons. The minimum Gasteiger partial charge on any atom is -0.299 e. The van der Waals surface area contributed by atoms with Gasteiger partial charge in [-0.2, -0.15) is 4.89 Å². The fourth-order valence-corrected chi connectivity index (χ4v) is 0.142. The molecule has 3 nitrogen and oxygen atoms in total. The van der Waals surface area contributed by atoms with Gasteiger partial charge in [-0.15, -0.1) is 0 Å². The Morgan fingerprint density at radius 1 is 1.62 bits per heavy atom. The van der Waals surface area contributed by atoms with Gasteiger partial charge in [0, 0.05) is 36.5 Å². The van der Waals surface area contributed by atoms with Crippen LogP contribution in [0.4, 0.5) is 0 Å². The van der Waals surface area contributed by atoms with Crippen molar-refractivity contribution in [2.75, 3.05) is 6.61 Å². The van der Waals surface area contributed by atoms with Gasteiger partial charge in [0.25, 0.3) is 0 Å². The molecule has 0 N–H and O–H groups in total. The van der Waals surface area contributed by atoms with Crippen LogP contribution in [0.1, 0.15) is 13.8 Å². The Hall–Kier alpha value is 0.430. The van der Waals surface area contributed by atoms with Crippen molar-refractivity contribution >= 4 is 35.5 Å². The van der Waals surface area contributed by atoms with Gasteiger partial charge in [0.1, 0.15) is 0 Å². The Morgan fingerprint density at radius 3 is 2.25 bits per heavy atom. The molecule has 4 heteroatoms. The molecule has 0 amide bonds. The maximum absolute atomic E-state index is 9.86. The summed E-state index contributed by atoms with van der Waals surface area (Å²) in [6.45, 7) is 3.43. The standard InChI is InChI=1S/C4H8O3.Na/c1-3-6-7-4(2)5;/h3H2,1-2H3;. The van der Waals surface area contributed by atoms with E-state index in [1.54, 1.807) is 6.92 Å². The zero-order chi connectivity index (χ0) is 5.70. The van der Waals surface area contributed by atoms with Crippen molar-refractivity contribution in [3.05, 3.63) is 0 Å². The first kappa shape index (κ1) is 11.3. The summed E-state index contributed by atoms with van der Waals surface area (Å²) in [5, 5.41) is 0. The molecule has 43 valence electrons. The second-order valence-electron chi connectivity index (χ2n) is 0.981. The molecule has 0 aromatic heterocycles. The van der Waals surface area contributed by atoms with Crippen LogP contribution in [0.15, 0.2) is 0 Å². The van der Waals surface area contributed by atoms with Crippen molar-refractivity contribution in [2.45, 2.75) is 13.8 Å². The number of carbonyl (C=O) groups is 1. The minimum absolute atomic E-state index is 0. The van der Waals surface area contributed by atoms with Crippen molar-refractivity contribution in [1.29, 1.82) is 0 Å². The second kappa shape index (κ2) is 7.43. The summed E-state index contributed by atoms with van der Waals surface area (Å²) in [4.78, 5) is 18.2. The molecule has 0 fully saturated rings. The molecular weight excluding hydrogens is 119 g/mol. The van der Waals surface area contributed by atoms with Crippen LogP contribution in [0.2, 0.25) is 0 Å². The van der Waals surface area contributed by atoms with E-state index in [4.69, 9.17) is 0 Å². The molecule has 0 saturated heterocycles. The maximum Gasteiger partial charge on any atom is 0.339 e. The van der Waals surface area contributed by atoms with Gasteiger partial charge in [-0.3, -0.25) is 4.89 Å². The van der Waals surface area contributed by atoms with E-state index in [1.165, 1.54) is 6.92 Å². The number of carbonyl (C=O) groups excluding carboxylic acids is 1. The first-order valence-corrected chi connectivity index (χ1v) is 2.07. The maximum atomic E-state index is 9.86. The van der Waals surface area contributed by atoms with Crippen LogP contribution < -0.4 is 0 Å². The smallest absolute Gasteiger partial charge is 0.299 e. The predicted octanol–water partition coefficient (Wildman–Crippen LogP) is 0.120. The molecule has 0 unspecified atom stereocenters. The summed E-state index contributed by atoms with van der Waals surface area (Å²) in [6.07, 6.45) is 0. The summed E-state index contributed by atoms with van der Waals surface area (Å²) in [5.74, 6) is -0.415. The average molecular weight is 127 g/mol. The third kappa shape index (κ3) is 9.66. The average Bonchev–Trinajstić information content (AvgIpc) is 1.61. The first-order chi connectivity index (χ1) is 3.27. The van der Waals surface area contributed by atoms with Gasteiger partial charge in [-0.05, 0) is 6.92 Å². The Morgan fingerprint density at radius 2 is 2.12 bits per heavy atom. The van der Waals surface area contributed by atoms with E-state index in [1.807, 2.05) is 0 Å². The Balaban J connectivity index is 0. The van der Waals surface area contributed by atoms with Crippen molar-refractivity contribution in [3.8, 4) is 0 Å². The third-order valence-electron chi connectivity index (χ3n) is 0.294. The molecular formula is C4H8NaO3. The van der Waals surface area contributed by atoms with Crippen LogP contribution in [0, 0.1) is 0 Å². The number of rotatable bonds is 2. The molecule has 0 aromatic rings. The Bertz CT molecular complexity index is 64.3. The number of hydrogen-bond acceptors (Lipinski definition) is 3. The van der Waals surface area contributed by atoms with Crippen molar-refractivity contribution in [1.82, 2.24) is 0 Å². The Labute approximate surface area is 70.6 Å². The monoisotopic (exact) mass is 127 g/mol. The van der Waals surface area contributed by atoms with Gasteiger partial charge in [0.15, 0.2) is 0 Å². The van der Waals surface area contributed by atoms with Crippen LogP contribution in [-0.2, 0) is 14.6 Å². The van der Waals surface area contributed by atoms with Crippen LogP contribution in [0.25, 0.3) is 0 Å². The van der Waals surface area contributed by atoms with Gasteiger partial charge in [0.2, 0.25) is 0 Å². The molecule has 0 aliphatic carbocycles. The number of hydrogen-bond donors (Lipinski definition) is 0. The van der Waals surface area contributed by atoms with E-state index in [9.17, 15) is 4.79 Å². The molecule has 0 saturated carbocycles. The summed E-state index contributed by atoms with van der Waals surface area (Å²) in [5.41, 5.74) is 0. The van der Waals surface area contributed by atoms with Gasteiger partial charge < -0.3 is 0 Å². The second-order valence-corrected chi connectivity index (χ2v) is 0.981. The molecule has 0 rings (SSSR count). The van der Waals surface area contributed by atoms with E-state index >= 15 is 0 Å². The van der Waals surface area contributed by atoms with E-state index < -0.39 is 5.97 Å². The van der Waals surface area contributed by atoms with E-state index in [0.717, 1.165) is 0 Å².